The monoisotopic (exact) mass is 280 g/mol. The van der Waals surface area contributed by atoms with Gasteiger partial charge in [0.2, 0.25) is 0 Å². The summed E-state index contributed by atoms with van der Waals surface area (Å²) < 4.78 is 5.68. The number of nitrogens with one attached hydrogen (secondary N) is 1. The molecule has 1 aromatic rings. The highest BCUT2D eigenvalue weighted by molar-refractivity contribution is 7.11. The zero-order valence-electron chi connectivity index (χ0n) is 11.9. The molecule has 0 spiro atoms. The Morgan fingerprint density at radius 3 is 2.95 bits per heavy atom. The van der Waals surface area contributed by atoms with Gasteiger partial charge in [-0.2, -0.15) is 0 Å². The first-order chi connectivity index (χ1) is 9.33. The number of aryl methyl sites for hydroxylation is 1. The average Bonchev–Trinajstić information content (AvgIpc) is 3.16. The molecule has 2 atom stereocenters. The molecule has 3 rings (SSSR count). The van der Waals surface area contributed by atoms with Crippen LogP contribution in [0.2, 0.25) is 0 Å². The van der Waals surface area contributed by atoms with Gasteiger partial charge in [-0.3, -0.25) is 0 Å². The summed E-state index contributed by atoms with van der Waals surface area (Å²) in [5, 5.41) is 4.89. The van der Waals surface area contributed by atoms with E-state index in [4.69, 9.17) is 9.72 Å². The van der Waals surface area contributed by atoms with Crippen LogP contribution >= 0.6 is 11.3 Å². The summed E-state index contributed by atoms with van der Waals surface area (Å²) >= 11 is 1.90. The molecule has 0 bridgehead atoms. The fourth-order valence-corrected chi connectivity index (χ4v) is 4.36. The minimum absolute atomic E-state index is 0.252. The Kier molecular flexibility index (Phi) is 4.20. The number of fused-ring (bicyclic) bond motifs is 1. The van der Waals surface area contributed by atoms with Crippen LogP contribution in [0.5, 0.6) is 0 Å². The Morgan fingerprint density at radius 2 is 2.26 bits per heavy atom. The second kappa shape index (κ2) is 5.90. The lowest BCUT2D eigenvalue weighted by atomic mass is 9.98. The maximum absolute atomic E-state index is 5.68. The van der Waals surface area contributed by atoms with Crippen molar-refractivity contribution in [1.29, 1.82) is 0 Å². The van der Waals surface area contributed by atoms with Crippen molar-refractivity contribution >= 4 is 11.3 Å². The highest BCUT2D eigenvalue weighted by Gasteiger charge is 2.36. The fraction of sp³-hybridized carbons (Fsp3) is 0.800. The van der Waals surface area contributed by atoms with Crippen molar-refractivity contribution in [3.05, 3.63) is 15.6 Å². The minimum atomic E-state index is 0.252. The normalized spacial score (nSPS) is 24.2. The van der Waals surface area contributed by atoms with Crippen LogP contribution in [-0.2, 0) is 11.2 Å². The minimum Gasteiger partial charge on any atom is -0.374 e. The summed E-state index contributed by atoms with van der Waals surface area (Å²) in [7, 11) is 1.83. The molecule has 1 aromatic heterocycles. The van der Waals surface area contributed by atoms with Gasteiger partial charge in [-0.25, -0.2) is 4.98 Å². The molecule has 1 fully saturated rings. The molecule has 3 nitrogen and oxygen atoms in total. The maximum atomic E-state index is 5.68. The van der Waals surface area contributed by atoms with E-state index in [9.17, 15) is 0 Å². The molecule has 0 aliphatic heterocycles. The van der Waals surface area contributed by atoms with E-state index < -0.39 is 0 Å². The molecular weight excluding hydrogens is 256 g/mol. The predicted molar refractivity (Wildman–Crippen MR) is 78.6 cm³/mol. The summed E-state index contributed by atoms with van der Waals surface area (Å²) in [6.45, 7) is 3.33. The van der Waals surface area contributed by atoms with Gasteiger partial charge in [0.1, 0.15) is 11.1 Å². The summed E-state index contributed by atoms with van der Waals surface area (Å²) in [6, 6.07) is 0.534. The van der Waals surface area contributed by atoms with E-state index in [1.54, 1.807) is 0 Å². The van der Waals surface area contributed by atoms with Crippen LogP contribution in [-0.4, -0.2) is 18.6 Å². The zero-order valence-corrected chi connectivity index (χ0v) is 12.8. The molecular formula is C15H24N2OS. The van der Waals surface area contributed by atoms with E-state index >= 15 is 0 Å². The quantitative estimate of drug-likeness (QED) is 0.864. The highest BCUT2D eigenvalue weighted by atomic mass is 32.1. The average molecular weight is 280 g/mol. The Hall–Kier alpha value is -0.450. The number of thiazole rings is 1. The molecule has 1 heterocycles. The standard InChI is InChI=1S/C15H24N2OS/c1-3-9-16-11-5-4-6-12-14(11)19-15(17-12)13(18-2)10-7-8-10/h10-11,13,16H,3-9H2,1-2H3. The van der Waals surface area contributed by atoms with Gasteiger partial charge < -0.3 is 10.1 Å². The van der Waals surface area contributed by atoms with E-state index in [-0.39, 0.29) is 6.10 Å². The van der Waals surface area contributed by atoms with Gasteiger partial charge in [-0.1, -0.05) is 6.92 Å². The van der Waals surface area contributed by atoms with Gasteiger partial charge in [0.05, 0.1) is 5.69 Å². The Bertz CT molecular complexity index is 428. The SMILES string of the molecule is CCCNC1CCCc2nc(C(OC)C3CC3)sc21. The largest absolute Gasteiger partial charge is 0.374 e. The van der Waals surface area contributed by atoms with Gasteiger partial charge in [0.25, 0.3) is 0 Å². The second-order valence-corrected chi connectivity index (χ2v) is 6.82. The van der Waals surface area contributed by atoms with E-state index in [1.807, 2.05) is 18.4 Å². The Balaban J connectivity index is 1.79. The first kappa shape index (κ1) is 13.5. The molecule has 19 heavy (non-hydrogen) atoms. The van der Waals surface area contributed by atoms with Gasteiger partial charge in [0.15, 0.2) is 0 Å². The molecule has 4 heteroatoms. The van der Waals surface area contributed by atoms with Gasteiger partial charge in [-0.15, -0.1) is 11.3 Å². The smallest absolute Gasteiger partial charge is 0.122 e. The molecule has 1 saturated carbocycles. The lowest BCUT2D eigenvalue weighted by Gasteiger charge is -2.22. The zero-order chi connectivity index (χ0) is 13.2. The van der Waals surface area contributed by atoms with Crippen LogP contribution in [0.15, 0.2) is 0 Å². The predicted octanol–water partition coefficient (Wildman–Crippen LogP) is 3.62. The first-order valence-corrected chi connectivity index (χ1v) is 8.40. The van der Waals surface area contributed by atoms with Crippen LogP contribution in [0.25, 0.3) is 0 Å². The van der Waals surface area contributed by atoms with Crippen molar-refractivity contribution in [2.24, 2.45) is 5.92 Å². The summed E-state index contributed by atoms with van der Waals surface area (Å²) in [5.74, 6) is 0.722. The first-order valence-electron chi connectivity index (χ1n) is 7.59. The number of ether oxygens (including phenoxy) is 1. The Labute approximate surface area is 119 Å². The van der Waals surface area contributed by atoms with Crippen molar-refractivity contribution in [2.45, 2.75) is 57.6 Å². The van der Waals surface area contributed by atoms with Crippen molar-refractivity contribution in [3.8, 4) is 0 Å². The highest BCUT2D eigenvalue weighted by Crippen LogP contribution is 2.46. The van der Waals surface area contributed by atoms with Crippen LogP contribution in [0, 0.1) is 5.92 Å². The lowest BCUT2D eigenvalue weighted by molar-refractivity contribution is 0.0842. The molecule has 0 saturated heterocycles. The maximum Gasteiger partial charge on any atom is 0.122 e. The fourth-order valence-electron chi connectivity index (χ4n) is 2.97. The summed E-state index contributed by atoms with van der Waals surface area (Å²) in [4.78, 5) is 6.38. The molecule has 1 N–H and O–H groups in total. The summed E-state index contributed by atoms with van der Waals surface area (Å²) in [6.07, 6.45) is 7.73. The van der Waals surface area contributed by atoms with E-state index in [1.165, 1.54) is 47.7 Å². The third-order valence-electron chi connectivity index (χ3n) is 4.16. The molecule has 0 amide bonds. The molecule has 0 aromatic carbocycles. The molecule has 106 valence electrons. The van der Waals surface area contributed by atoms with Crippen molar-refractivity contribution < 1.29 is 4.74 Å². The van der Waals surface area contributed by atoms with Crippen molar-refractivity contribution in [1.82, 2.24) is 10.3 Å². The number of nitrogens with zero attached hydrogens (tertiary/aromatic N) is 1. The van der Waals surface area contributed by atoms with E-state index in [2.05, 4.69) is 12.2 Å². The number of methoxy groups -OCH3 is 1. The van der Waals surface area contributed by atoms with Crippen LogP contribution in [0.4, 0.5) is 0 Å². The Morgan fingerprint density at radius 1 is 1.42 bits per heavy atom. The van der Waals surface area contributed by atoms with Crippen LogP contribution in [0.1, 0.15) is 66.8 Å². The van der Waals surface area contributed by atoms with E-state index in [0.717, 1.165) is 18.9 Å². The summed E-state index contributed by atoms with van der Waals surface area (Å²) in [5.41, 5.74) is 1.34. The van der Waals surface area contributed by atoms with Gasteiger partial charge in [0, 0.05) is 18.0 Å². The van der Waals surface area contributed by atoms with Gasteiger partial charge in [-0.05, 0) is 51.0 Å². The third-order valence-corrected chi connectivity index (χ3v) is 5.43. The molecule has 2 unspecified atom stereocenters. The van der Waals surface area contributed by atoms with Gasteiger partial charge >= 0.3 is 0 Å². The van der Waals surface area contributed by atoms with Crippen LogP contribution < -0.4 is 5.32 Å². The lowest BCUT2D eigenvalue weighted by Crippen LogP contribution is -2.24. The number of hydrogen-bond acceptors (Lipinski definition) is 4. The topological polar surface area (TPSA) is 34.2 Å². The number of hydrogen-bond donors (Lipinski definition) is 1. The number of rotatable bonds is 6. The number of aromatic nitrogens is 1. The third kappa shape index (κ3) is 2.86. The van der Waals surface area contributed by atoms with E-state index in [0.29, 0.717) is 6.04 Å². The van der Waals surface area contributed by atoms with Crippen LogP contribution in [0.3, 0.4) is 0 Å². The molecule has 2 aliphatic rings. The second-order valence-electron chi connectivity index (χ2n) is 5.76. The van der Waals surface area contributed by atoms with Crippen molar-refractivity contribution in [3.63, 3.8) is 0 Å². The molecule has 2 aliphatic carbocycles. The van der Waals surface area contributed by atoms with Crippen molar-refractivity contribution in [2.75, 3.05) is 13.7 Å². The molecule has 0 radical (unpaired) electrons.